The first kappa shape index (κ1) is 12.1. The number of carbonyl (C=O) groups excluding carboxylic acids is 1. The number of hydrogen-bond acceptors (Lipinski definition) is 5. The molecule has 6 nitrogen and oxygen atoms in total. The Labute approximate surface area is 99.2 Å². The standard InChI is InChI=1S/C11H17N3O3/c1-8-5-10(15)14(17-8)11(16)7-13-4-3-9(6-13)12-2/h5,9,12H,3-4,6-7H2,1-2H3. The van der Waals surface area contributed by atoms with Gasteiger partial charge in [-0.05, 0) is 20.4 Å². The highest BCUT2D eigenvalue weighted by Gasteiger charge is 2.24. The molecule has 17 heavy (non-hydrogen) atoms. The zero-order chi connectivity index (χ0) is 12.4. The molecule has 0 radical (unpaired) electrons. The molecule has 1 unspecified atom stereocenters. The van der Waals surface area contributed by atoms with Gasteiger partial charge in [-0.1, -0.05) is 0 Å². The van der Waals surface area contributed by atoms with Gasteiger partial charge in [0.1, 0.15) is 5.76 Å². The molecular formula is C11H17N3O3. The van der Waals surface area contributed by atoms with E-state index in [-0.39, 0.29) is 12.5 Å². The number of nitrogens with one attached hydrogen (secondary N) is 1. The van der Waals surface area contributed by atoms with Gasteiger partial charge in [0.25, 0.3) is 11.5 Å². The summed E-state index contributed by atoms with van der Waals surface area (Å²) in [7, 11) is 1.91. The minimum atomic E-state index is -0.392. The maximum absolute atomic E-state index is 11.8. The molecule has 1 fully saturated rings. The van der Waals surface area contributed by atoms with Crippen LogP contribution >= 0.6 is 0 Å². The van der Waals surface area contributed by atoms with Crippen LogP contribution in [0.4, 0.5) is 0 Å². The SMILES string of the molecule is CNC1CCN(CC(=O)n2oc(C)cc2=O)C1. The molecule has 2 rings (SSSR count). The summed E-state index contributed by atoms with van der Waals surface area (Å²) < 4.78 is 5.89. The van der Waals surface area contributed by atoms with Crippen molar-refractivity contribution >= 4 is 5.91 Å². The third-order valence-electron chi connectivity index (χ3n) is 3.03. The summed E-state index contributed by atoms with van der Waals surface area (Å²) in [6.45, 7) is 3.57. The van der Waals surface area contributed by atoms with Crippen LogP contribution in [-0.2, 0) is 0 Å². The Hall–Kier alpha value is -1.40. The Balaban J connectivity index is 1.98. The van der Waals surface area contributed by atoms with E-state index >= 15 is 0 Å². The van der Waals surface area contributed by atoms with E-state index in [9.17, 15) is 9.59 Å². The van der Waals surface area contributed by atoms with Crippen LogP contribution in [0.25, 0.3) is 0 Å². The van der Waals surface area contributed by atoms with E-state index in [1.165, 1.54) is 6.07 Å². The normalized spacial score (nSPS) is 20.9. The van der Waals surface area contributed by atoms with Gasteiger partial charge in [-0.2, -0.15) is 0 Å². The smallest absolute Gasteiger partial charge is 0.290 e. The topological polar surface area (TPSA) is 67.5 Å². The fraction of sp³-hybridized carbons (Fsp3) is 0.636. The van der Waals surface area contributed by atoms with E-state index in [2.05, 4.69) is 5.32 Å². The van der Waals surface area contributed by atoms with Crippen LogP contribution in [-0.4, -0.2) is 48.3 Å². The number of aryl methyl sites for hydroxylation is 1. The maximum Gasteiger partial charge on any atom is 0.290 e. The van der Waals surface area contributed by atoms with Crippen LogP contribution in [0.15, 0.2) is 15.4 Å². The van der Waals surface area contributed by atoms with Gasteiger partial charge in [0.05, 0.1) is 6.54 Å². The number of aromatic nitrogens is 1. The molecule has 1 aromatic rings. The molecule has 0 aromatic carbocycles. The second-order valence-corrected chi connectivity index (χ2v) is 4.38. The van der Waals surface area contributed by atoms with Gasteiger partial charge in [-0.3, -0.25) is 14.5 Å². The summed E-state index contributed by atoms with van der Waals surface area (Å²) in [4.78, 5) is 25.3. The van der Waals surface area contributed by atoms with Gasteiger partial charge in [0.15, 0.2) is 0 Å². The minimum absolute atomic E-state index is 0.227. The number of nitrogens with zero attached hydrogens (tertiary/aromatic N) is 2. The Morgan fingerprint density at radius 2 is 2.41 bits per heavy atom. The second-order valence-electron chi connectivity index (χ2n) is 4.38. The van der Waals surface area contributed by atoms with Crippen LogP contribution in [0, 0.1) is 6.92 Å². The molecular weight excluding hydrogens is 222 g/mol. The van der Waals surface area contributed by atoms with Crippen molar-refractivity contribution in [1.29, 1.82) is 0 Å². The van der Waals surface area contributed by atoms with Crippen LogP contribution in [0.1, 0.15) is 17.0 Å². The molecule has 1 aliphatic rings. The second kappa shape index (κ2) is 4.85. The Bertz CT molecular complexity index is 463. The average molecular weight is 239 g/mol. The molecule has 1 aromatic heterocycles. The van der Waals surface area contributed by atoms with Gasteiger partial charge >= 0.3 is 0 Å². The van der Waals surface area contributed by atoms with Gasteiger partial charge < -0.3 is 9.84 Å². The zero-order valence-electron chi connectivity index (χ0n) is 10.1. The lowest BCUT2D eigenvalue weighted by Crippen LogP contribution is -2.36. The summed E-state index contributed by atoms with van der Waals surface area (Å²) in [5.41, 5.74) is -0.392. The molecule has 94 valence electrons. The Morgan fingerprint density at radius 3 is 2.94 bits per heavy atom. The fourth-order valence-corrected chi connectivity index (χ4v) is 2.09. The van der Waals surface area contributed by atoms with Gasteiger partial charge in [0.2, 0.25) is 0 Å². The number of rotatable bonds is 3. The van der Waals surface area contributed by atoms with E-state index in [0.717, 1.165) is 24.3 Å². The van der Waals surface area contributed by atoms with Crippen LogP contribution in [0.5, 0.6) is 0 Å². The number of likely N-dealkylation sites (tertiary alicyclic amines) is 1. The van der Waals surface area contributed by atoms with Crippen molar-refractivity contribution < 1.29 is 9.32 Å². The number of hydrogen-bond donors (Lipinski definition) is 1. The van der Waals surface area contributed by atoms with Gasteiger partial charge in [0, 0.05) is 25.2 Å². The predicted molar refractivity (Wildman–Crippen MR) is 62.2 cm³/mol. The summed E-state index contributed by atoms with van der Waals surface area (Å²) in [5.74, 6) is 0.151. The van der Waals surface area contributed by atoms with E-state index < -0.39 is 5.56 Å². The quantitative estimate of drug-likeness (QED) is 0.783. The predicted octanol–water partition coefficient (Wildman–Crippen LogP) is -0.316. The summed E-state index contributed by atoms with van der Waals surface area (Å²) in [6, 6.07) is 1.75. The molecule has 0 aliphatic carbocycles. The molecule has 0 amide bonds. The largest absolute Gasteiger partial charge is 0.373 e. The molecule has 0 saturated carbocycles. The van der Waals surface area contributed by atoms with Gasteiger partial charge in [-0.15, -0.1) is 4.74 Å². The molecule has 1 N–H and O–H groups in total. The average Bonchev–Trinajstić information content (AvgIpc) is 2.85. The van der Waals surface area contributed by atoms with Gasteiger partial charge in [-0.25, -0.2) is 0 Å². The summed E-state index contributed by atoms with van der Waals surface area (Å²) >= 11 is 0. The molecule has 1 aliphatic heterocycles. The highest BCUT2D eigenvalue weighted by molar-refractivity contribution is 5.79. The first-order valence-corrected chi connectivity index (χ1v) is 5.73. The number of carbonyl (C=O) groups is 1. The third-order valence-corrected chi connectivity index (χ3v) is 3.03. The molecule has 6 heteroatoms. The molecule has 0 spiro atoms. The van der Waals surface area contributed by atoms with Crippen molar-refractivity contribution in [2.24, 2.45) is 0 Å². The van der Waals surface area contributed by atoms with E-state index in [1.54, 1.807) is 6.92 Å². The Kier molecular flexibility index (Phi) is 3.44. The highest BCUT2D eigenvalue weighted by Crippen LogP contribution is 2.08. The summed E-state index contributed by atoms with van der Waals surface area (Å²) in [5, 5.41) is 3.18. The molecule has 2 heterocycles. The van der Waals surface area contributed by atoms with Crippen molar-refractivity contribution in [2.75, 3.05) is 26.7 Å². The van der Waals surface area contributed by atoms with Crippen molar-refractivity contribution in [3.63, 3.8) is 0 Å². The van der Waals surface area contributed by atoms with E-state index in [4.69, 9.17) is 4.52 Å². The zero-order valence-corrected chi connectivity index (χ0v) is 10.1. The third kappa shape index (κ3) is 2.65. The first-order chi connectivity index (χ1) is 8.10. The maximum atomic E-state index is 11.8. The lowest BCUT2D eigenvalue weighted by atomic mass is 10.3. The highest BCUT2D eigenvalue weighted by atomic mass is 16.5. The first-order valence-electron chi connectivity index (χ1n) is 5.73. The Morgan fingerprint density at radius 1 is 1.65 bits per heavy atom. The lowest BCUT2D eigenvalue weighted by Gasteiger charge is -2.13. The molecule has 0 bridgehead atoms. The van der Waals surface area contributed by atoms with E-state index in [1.807, 2.05) is 11.9 Å². The fourth-order valence-electron chi connectivity index (χ4n) is 2.09. The molecule has 1 saturated heterocycles. The minimum Gasteiger partial charge on any atom is -0.373 e. The summed E-state index contributed by atoms with van der Waals surface area (Å²) in [6.07, 6.45) is 1.02. The van der Waals surface area contributed by atoms with Crippen LogP contribution < -0.4 is 10.9 Å². The van der Waals surface area contributed by atoms with Crippen LogP contribution in [0.2, 0.25) is 0 Å². The van der Waals surface area contributed by atoms with Crippen LogP contribution in [0.3, 0.4) is 0 Å². The van der Waals surface area contributed by atoms with Crippen molar-refractivity contribution in [2.45, 2.75) is 19.4 Å². The van der Waals surface area contributed by atoms with Crippen molar-refractivity contribution in [1.82, 2.24) is 15.0 Å². The van der Waals surface area contributed by atoms with E-state index in [0.29, 0.717) is 11.8 Å². The molecule has 1 atom stereocenters. The van der Waals surface area contributed by atoms with Crippen molar-refractivity contribution in [3.05, 3.63) is 22.2 Å². The lowest BCUT2D eigenvalue weighted by molar-refractivity contribution is 0.0728. The van der Waals surface area contributed by atoms with Crippen molar-refractivity contribution in [3.8, 4) is 0 Å². The number of likely N-dealkylation sites (N-methyl/N-ethyl adjacent to an activating group) is 1. The monoisotopic (exact) mass is 239 g/mol.